The molecule has 1 N–H and O–H groups in total. The summed E-state index contributed by atoms with van der Waals surface area (Å²) >= 11 is 1.56. The predicted octanol–water partition coefficient (Wildman–Crippen LogP) is 4.13. The number of aromatic amines is 1. The van der Waals surface area contributed by atoms with Gasteiger partial charge in [0.05, 0.1) is 24.1 Å². The summed E-state index contributed by atoms with van der Waals surface area (Å²) in [4.78, 5) is 34.5. The van der Waals surface area contributed by atoms with E-state index in [0.29, 0.717) is 24.4 Å². The van der Waals surface area contributed by atoms with Gasteiger partial charge >= 0.3 is 5.97 Å². The normalized spacial score (nSPS) is 12.0. The Hall–Kier alpha value is -2.80. The van der Waals surface area contributed by atoms with Crippen molar-refractivity contribution >= 4 is 34.7 Å². The van der Waals surface area contributed by atoms with E-state index in [9.17, 15) is 9.59 Å². The molecule has 1 atom stereocenters. The number of esters is 1. The Morgan fingerprint density at radius 2 is 1.90 bits per heavy atom. The van der Waals surface area contributed by atoms with Crippen molar-refractivity contribution in [1.82, 2.24) is 14.9 Å². The number of hydrogen-bond acceptors (Lipinski definition) is 5. The molecule has 3 aromatic rings. The second kappa shape index (κ2) is 9.60. The van der Waals surface area contributed by atoms with Gasteiger partial charge in [-0.25, -0.2) is 4.98 Å². The number of carbonyl (C=O) groups is 2. The van der Waals surface area contributed by atoms with Gasteiger partial charge in [-0.05, 0) is 30.7 Å². The molecule has 29 heavy (non-hydrogen) atoms. The molecule has 1 unspecified atom stereocenters. The first-order valence-electron chi connectivity index (χ1n) is 9.56. The predicted molar refractivity (Wildman–Crippen MR) is 115 cm³/mol. The van der Waals surface area contributed by atoms with Crippen molar-refractivity contribution < 1.29 is 14.3 Å². The van der Waals surface area contributed by atoms with Crippen LogP contribution in [0, 0.1) is 5.92 Å². The zero-order valence-corrected chi connectivity index (χ0v) is 17.7. The van der Waals surface area contributed by atoms with Crippen molar-refractivity contribution in [2.24, 2.45) is 5.92 Å². The van der Waals surface area contributed by atoms with Crippen LogP contribution < -0.4 is 0 Å². The fourth-order valence-electron chi connectivity index (χ4n) is 3.13. The van der Waals surface area contributed by atoms with E-state index in [0.717, 1.165) is 21.8 Å². The van der Waals surface area contributed by atoms with Crippen LogP contribution in [0.15, 0.2) is 53.7 Å². The van der Waals surface area contributed by atoms with Crippen LogP contribution in [-0.2, 0) is 15.3 Å². The van der Waals surface area contributed by atoms with Crippen LogP contribution in [0.4, 0.5) is 0 Å². The summed E-state index contributed by atoms with van der Waals surface area (Å²) in [5.41, 5.74) is 3.50. The number of amides is 1. The van der Waals surface area contributed by atoms with E-state index in [1.54, 1.807) is 23.6 Å². The highest BCUT2D eigenvalue weighted by atomic mass is 32.2. The van der Waals surface area contributed by atoms with Crippen LogP contribution in [0.25, 0.3) is 11.0 Å². The highest BCUT2D eigenvalue weighted by molar-refractivity contribution is 7.98. The van der Waals surface area contributed by atoms with Crippen LogP contribution in [0.5, 0.6) is 0 Å². The van der Waals surface area contributed by atoms with Crippen molar-refractivity contribution in [1.29, 1.82) is 0 Å². The maximum absolute atomic E-state index is 13.1. The van der Waals surface area contributed by atoms with Crippen LogP contribution in [0.1, 0.15) is 29.8 Å². The molecule has 0 saturated carbocycles. The zero-order valence-electron chi connectivity index (χ0n) is 16.8. The van der Waals surface area contributed by atoms with Crippen LogP contribution in [0.3, 0.4) is 0 Å². The number of para-hydroxylation sites is 2. The average Bonchev–Trinajstić information content (AvgIpc) is 3.18. The third-order valence-corrected chi connectivity index (χ3v) is 5.67. The number of H-pyrrole nitrogens is 1. The minimum Gasteiger partial charge on any atom is -0.469 e. The number of fused-ring (bicyclic) bond motifs is 1. The number of nitrogens with one attached hydrogen (secondary N) is 1. The largest absolute Gasteiger partial charge is 0.469 e. The number of hydrogen-bond donors (Lipinski definition) is 1. The van der Waals surface area contributed by atoms with E-state index in [4.69, 9.17) is 4.74 Å². The Morgan fingerprint density at radius 1 is 1.17 bits per heavy atom. The van der Waals surface area contributed by atoms with Gasteiger partial charge in [-0.3, -0.25) is 9.59 Å². The molecule has 0 saturated heterocycles. The summed E-state index contributed by atoms with van der Waals surface area (Å²) < 4.78 is 4.79. The molecule has 1 amide bonds. The number of benzene rings is 2. The van der Waals surface area contributed by atoms with E-state index in [1.807, 2.05) is 55.5 Å². The van der Waals surface area contributed by atoms with Gasteiger partial charge in [-0.1, -0.05) is 49.0 Å². The van der Waals surface area contributed by atoms with Crippen LogP contribution in [-0.4, -0.2) is 46.9 Å². The molecular formula is C22H25N3O3S. The Bertz CT molecular complexity index is 969. The third-order valence-electron chi connectivity index (χ3n) is 4.75. The van der Waals surface area contributed by atoms with Gasteiger partial charge in [-0.2, -0.15) is 0 Å². The van der Waals surface area contributed by atoms with Gasteiger partial charge in [0.2, 0.25) is 0 Å². The van der Waals surface area contributed by atoms with Crippen molar-refractivity contribution in [2.45, 2.75) is 24.8 Å². The zero-order chi connectivity index (χ0) is 20.8. The summed E-state index contributed by atoms with van der Waals surface area (Å²) in [7, 11) is 1.36. The molecule has 0 aliphatic carbocycles. The van der Waals surface area contributed by atoms with Crippen LogP contribution >= 0.6 is 11.8 Å². The lowest BCUT2D eigenvalue weighted by atomic mass is 10.1. The molecule has 152 valence electrons. The number of carbonyl (C=O) groups excluding carboxylic acids is 2. The van der Waals surface area contributed by atoms with E-state index in [1.165, 1.54) is 7.11 Å². The molecule has 1 heterocycles. The molecular weight excluding hydrogens is 386 g/mol. The smallest absolute Gasteiger partial charge is 0.310 e. The van der Waals surface area contributed by atoms with Gasteiger partial charge in [0, 0.05) is 24.4 Å². The molecule has 3 rings (SSSR count). The quantitative estimate of drug-likeness (QED) is 0.446. The minimum atomic E-state index is -0.374. The minimum absolute atomic E-state index is 0.0796. The first kappa shape index (κ1) is 20.9. The lowest BCUT2D eigenvalue weighted by Crippen LogP contribution is -2.37. The first-order valence-corrected chi connectivity index (χ1v) is 10.5. The number of aromatic nitrogens is 2. The van der Waals surface area contributed by atoms with Crippen LogP contribution in [0.2, 0.25) is 0 Å². The molecule has 0 aliphatic rings. The highest BCUT2D eigenvalue weighted by Crippen LogP contribution is 2.25. The fourth-order valence-corrected chi connectivity index (χ4v) is 4.02. The molecule has 0 aliphatic heterocycles. The van der Waals surface area contributed by atoms with Gasteiger partial charge in [0.15, 0.2) is 5.16 Å². The van der Waals surface area contributed by atoms with E-state index >= 15 is 0 Å². The van der Waals surface area contributed by atoms with Crippen molar-refractivity contribution in [3.63, 3.8) is 0 Å². The monoisotopic (exact) mass is 411 g/mol. The number of nitrogens with zero attached hydrogens (tertiary/aromatic N) is 2. The van der Waals surface area contributed by atoms with E-state index < -0.39 is 0 Å². The van der Waals surface area contributed by atoms with Crippen molar-refractivity contribution in [2.75, 3.05) is 20.2 Å². The first-order chi connectivity index (χ1) is 14.0. The molecule has 6 nitrogen and oxygen atoms in total. The van der Waals surface area contributed by atoms with Crippen molar-refractivity contribution in [3.8, 4) is 0 Å². The fraction of sp³-hybridized carbons (Fsp3) is 0.318. The second-order valence-corrected chi connectivity index (χ2v) is 7.74. The maximum atomic E-state index is 13.1. The van der Waals surface area contributed by atoms with E-state index in [-0.39, 0.29) is 17.8 Å². The second-order valence-electron chi connectivity index (χ2n) is 6.77. The maximum Gasteiger partial charge on any atom is 0.310 e. The molecule has 0 bridgehead atoms. The highest BCUT2D eigenvalue weighted by Gasteiger charge is 2.23. The Kier molecular flexibility index (Phi) is 6.93. The molecule has 0 spiro atoms. The Labute approximate surface area is 174 Å². The molecule has 0 fully saturated rings. The number of ether oxygens (including phenoxy) is 1. The average molecular weight is 412 g/mol. The summed E-state index contributed by atoms with van der Waals surface area (Å²) in [6.07, 6.45) is 0. The molecule has 7 heteroatoms. The van der Waals surface area contributed by atoms with E-state index in [2.05, 4.69) is 9.97 Å². The summed E-state index contributed by atoms with van der Waals surface area (Å²) in [6, 6.07) is 15.5. The lowest BCUT2D eigenvalue weighted by molar-refractivity contribution is -0.145. The lowest BCUT2D eigenvalue weighted by Gasteiger charge is -2.24. The number of methoxy groups -OCH3 is 1. The topological polar surface area (TPSA) is 75.3 Å². The van der Waals surface area contributed by atoms with Gasteiger partial charge in [0.1, 0.15) is 0 Å². The number of thioether (sulfide) groups is 1. The Morgan fingerprint density at radius 3 is 2.62 bits per heavy atom. The Balaban J connectivity index is 1.74. The number of rotatable bonds is 8. The van der Waals surface area contributed by atoms with Gasteiger partial charge in [-0.15, -0.1) is 0 Å². The summed E-state index contributed by atoms with van der Waals surface area (Å²) in [5.74, 6) is -0.152. The molecule has 1 aromatic heterocycles. The van der Waals surface area contributed by atoms with Crippen molar-refractivity contribution in [3.05, 3.63) is 59.7 Å². The molecule has 2 aromatic carbocycles. The summed E-state index contributed by atoms with van der Waals surface area (Å²) in [6.45, 7) is 4.52. The van der Waals surface area contributed by atoms with Gasteiger partial charge in [0.25, 0.3) is 5.91 Å². The SMILES string of the molecule is CCN(CC(C)C(=O)OC)C(=O)c1ccccc1CSc1nc2ccccc2[nH]1. The van der Waals surface area contributed by atoms with Gasteiger partial charge < -0.3 is 14.6 Å². The molecule has 0 radical (unpaired) electrons. The summed E-state index contributed by atoms with van der Waals surface area (Å²) in [5, 5.41) is 0.820. The standard InChI is InChI=1S/C22H25N3O3S/c1-4-25(13-15(2)21(27)28-3)20(26)17-10-6-5-9-16(17)14-29-22-23-18-11-7-8-12-19(18)24-22/h5-12,15H,4,13-14H2,1-3H3,(H,23,24). The number of imidazole rings is 1. The third kappa shape index (κ3) is 4.98.